The van der Waals surface area contributed by atoms with Crippen molar-refractivity contribution in [2.24, 2.45) is 0 Å². The number of nitriles is 1. The average molecular weight is 438 g/mol. The third-order valence-corrected chi connectivity index (χ3v) is 6.75. The minimum atomic E-state index is 0.435. The molecule has 4 heteroatoms. The number of benzene rings is 3. The summed E-state index contributed by atoms with van der Waals surface area (Å²) in [7, 11) is 0. The maximum Gasteiger partial charge on any atom is 0.141 e. The maximum absolute atomic E-state index is 9.28. The van der Waals surface area contributed by atoms with Gasteiger partial charge in [-0.1, -0.05) is 42.5 Å². The number of hydrogen-bond donors (Lipinski definition) is 0. The van der Waals surface area contributed by atoms with Gasteiger partial charge in [-0.25, -0.2) is 4.98 Å². The molecule has 6 aromatic rings. The van der Waals surface area contributed by atoms with Gasteiger partial charge in [-0.2, -0.15) is 5.26 Å². The fraction of sp³-hybridized carbons (Fsp3) is 0.0667. The van der Waals surface area contributed by atoms with Crippen molar-refractivity contribution in [1.29, 1.82) is 5.26 Å². The van der Waals surface area contributed by atoms with Gasteiger partial charge in [0.1, 0.15) is 22.9 Å². The van der Waals surface area contributed by atoms with Crippen LogP contribution in [0.1, 0.15) is 24.1 Å². The first-order valence-corrected chi connectivity index (χ1v) is 11.4. The van der Waals surface area contributed by atoms with E-state index in [4.69, 9.17) is 4.42 Å². The van der Waals surface area contributed by atoms with Crippen molar-refractivity contribution < 1.29 is 4.42 Å². The molecule has 3 heterocycles. The SMILES string of the molecule is N#Cc1cc(C2=CCCC(n3c4ccccc4c4cc5oc6ccccc6c5cc43)=C2)ccn1. The van der Waals surface area contributed by atoms with Crippen LogP contribution in [0.2, 0.25) is 0 Å². The summed E-state index contributed by atoms with van der Waals surface area (Å²) >= 11 is 0. The van der Waals surface area contributed by atoms with E-state index in [1.54, 1.807) is 6.20 Å². The van der Waals surface area contributed by atoms with Crippen molar-refractivity contribution in [3.05, 3.63) is 102 Å². The van der Waals surface area contributed by atoms with Gasteiger partial charge in [0.05, 0.1) is 11.0 Å². The van der Waals surface area contributed by atoms with E-state index in [1.807, 2.05) is 24.3 Å². The molecule has 0 aliphatic heterocycles. The third kappa shape index (κ3) is 2.74. The summed E-state index contributed by atoms with van der Waals surface area (Å²) in [6, 6.07) is 27.2. The summed E-state index contributed by atoms with van der Waals surface area (Å²) in [5.74, 6) is 0. The lowest BCUT2D eigenvalue weighted by Gasteiger charge is -2.17. The van der Waals surface area contributed by atoms with E-state index >= 15 is 0 Å². The highest BCUT2D eigenvalue weighted by Crippen LogP contribution is 2.40. The molecule has 3 aromatic carbocycles. The van der Waals surface area contributed by atoms with Gasteiger partial charge in [-0.05, 0) is 66.5 Å². The van der Waals surface area contributed by atoms with E-state index in [2.05, 4.69) is 76.3 Å². The second kappa shape index (κ2) is 7.19. The van der Waals surface area contributed by atoms with Crippen LogP contribution in [0.25, 0.3) is 55.0 Å². The Morgan fingerprint density at radius 2 is 1.68 bits per heavy atom. The molecule has 0 unspecified atom stereocenters. The predicted molar refractivity (Wildman–Crippen MR) is 137 cm³/mol. The molecule has 0 radical (unpaired) electrons. The van der Waals surface area contributed by atoms with E-state index in [0.717, 1.165) is 45.9 Å². The number of hydrogen-bond acceptors (Lipinski definition) is 3. The predicted octanol–water partition coefficient (Wildman–Crippen LogP) is 7.68. The van der Waals surface area contributed by atoms with E-state index in [0.29, 0.717) is 5.69 Å². The van der Waals surface area contributed by atoms with Gasteiger partial charge < -0.3 is 8.98 Å². The molecule has 1 aliphatic rings. The highest BCUT2D eigenvalue weighted by molar-refractivity contribution is 6.17. The monoisotopic (exact) mass is 437 g/mol. The molecule has 7 rings (SSSR count). The summed E-state index contributed by atoms with van der Waals surface area (Å²) < 4.78 is 8.59. The molecule has 0 atom stereocenters. The lowest BCUT2D eigenvalue weighted by atomic mass is 9.97. The normalized spacial score (nSPS) is 14.0. The van der Waals surface area contributed by atoms with E-state index < -0.39 is 0 Å². The van der Waals surface area contributed by atoms with E-state index in [-0.39, 0.29) is 0 Å². The fourth-order valence-corrected chi connectivity index (χ4v) is 5.23. The minimum absolute atomic E-state index is 0.435. The van der Waals surface area contributed by atoms with E-state index in [1.165, 1.54) is 27.5 Å². The molecule has 4 nitrogen and oxygen atoms in total. The highest BCUT2D eigenvalue weighted by Gasteiger charge is 2.18. The quantitative estimate of drug-likeness (QED) is 0.279. The summed E-state index contributed by atoms with van der Waals surface area (Å²) in [4.78, 5) is 4.13. The van der Waals surface area contributed by atoms with Gasteiger partial charge in [-0.3, -0.25) is 0 Å². The van der Waals surface area contributed by atoms with Crippen molar-refractivity contribution in [1.82, 2.24) is 9.55 Å². The van der Waals surface area contributed by atoms with Crippen molar-refractivity contribution in [3.8, 4) is 6.07 Å². The minimum Gasteiger partial charge on any atom is -0.456 e. The van der Waals surface area contributed by atoms with E-state index in [9.17, 15) is 5.26 Å². The Kier molecular flexibility index (Phi) is 4.00. The van der Waals surface area contributed by atoms with Gasteiger partial charge >= 0.3 is 0 Å². The molecule has 34 heavy (non-hydrogen) atoms. The third-order valence-electron chi connectivity index (χ3n) is 6.75. The standard InChI is InChI=1S/C30H19N3O/c31-18-21-14-20(12-13-32-21)19-6-5-7-22(15-19)33-27-10-3-1-8-23(27)25-17-30-26(16-28(25)33)24-9-2-4-11-29(24)34-30/h1-4,6,8-17H,5,7H2. The van der Waals surface area contributed by atoms with Gasteiger partial charge in [0, 0.05) is 33.4 Å². The van der Waals surface area contributed by atoms with Crippen molar-refractivity contribution in [3.63, 3.8) is 0 Å². The Labute approximate surface area is 195 Å². The summed E-state index contributed by atoms with van der Waals surface area (Å²) in [5, 5.41) is 14.0. The fourth-order valence-electron chi connectivity index (χ4n) is 5.23. The molecule has 0 saturated heterocycles. The lowest BCUT2D eigenvalue weighted by Crippen LogP contribution is -2.01. The van der Waals surface area contributed by atoms with Gasteiger partial charge in [-0.15, -0.1) is 0 Å². The molecule has 160 valence electrons. The Morgan fingerprint density at radius 3 is 2.59 bits per heavy atom. The van der Waals surface area contributed by atoms with Crippen LogP contribution in [0.5, 0.6) is 0 Å². The zero-order valence-corrected chi connectivity index (χ0v) is 18.3. The number of furan rings is 1. The maximum atomic E-state index is 9.28. The number of pyridine rings is 1. The number of allylic oxidation sites excluding steroid dienone is 4. The lowest BCUT2D eigenvalue weighted by molar-refractivity contribution is 0.669. The molecule has 0 bridgehead atoms. The van der Waals surface area contributed by atoms with Crippen LogP contribution in [0.15, 0.2) is 95.6 Å². The first-order chi connectivity index (χ1) is 16.8. The number of fused-ring (bicyclic) bond motifs is 6. The Bertz CT molecular complexity index is 1870. The summed E-state index contributed by atoms with van der Waals surface area (Å²) in [5.41, 5.74) is 8.02. The first kappa shape index (κ1) is 18.9. The Morgan fingerprint density at radius 1 is 0.824 bits per heavy atom. The molecular weight excluding hydrogens is 418 g/mol. The summed E-state index contributed by atoms with van der Waals surface area (Å²) in [6.45, 7) is 0. The van der Waals surface area contributed by atoms with Crippen molar-refractivity contribution >= 4 is 55.0 Å². The van der Waals surface area contributed by atoms with Crippen molar-refractivity contribution in [2.75, 3.05) is 0 Å². The largest absolute Gasteiger partial charge is 0.456 e. The Balaban J connectivity index is 1.51. The first-order valence-electron chi connectivity index (χ1n) is 11.4. The molecular formula is C30H19N3O. The van der Waals surface area contributed by atoms with Crippen LogP contribution < -0.4 is 0 Å². The second-order valence-electron chi connectivity index (χ2n) is 8.69. The molecule has 0 amide bonds. The number of rotatable bonds is 2. The number of aromatic nitrogens is 2. The molecule has 3 aromatic heterocycles. The molecule has 0 spiro atoms. The topological polar surface area (TPSA) is 54.8 Å². The average Bonchev–Trinajstić information content (AvgIpc) is 3.42. The van der Waals surface area contributed by atoms with Gasteiger partial charge in [0.25, 0.3) is 0 Å². The van der Waals surface area contributed by atoms with Crippen LogP contribution in [0.3, 0.4) is 0 Å². The van der Waals surface area contributed by atoms with Crippen molar-refractivity contribution in [2.45, 2.75) is 12.8 Å². The second-order valence-corrected chi connectivity index (χ2v) is 8.69. The number of nitrogens with zero attached hydrogens (tertiary/aromatic N) is 3. The highest BCUT2D eigenvalue weighted by atomic mass is 16.3. The molecule has 0 saturated carbocycles. The van der Waals surface area contributed by atoms with Crippen LogP contribution in [-0.2, 0) is 0 Å². The summed E-state index contributed by atoms with van der Waals surface area (Å²) in [6.07, 6.45) is 8.09. The van der Waals surface area contributed by atoms with Crippen LogP contribution in [0.4, 0.5) is 0 Å². The zero-order valence-electron chi connectivity index (χ0n) is 18.3. The van der Waals surface area contributed by atoms with Crippen LogP contribution in [-0.4, -0.2) is 9.55 Å². The molecule has 0 fully saturated rings. The molecule has 0 N–H and O–H groups in total. The zero-order chi connectivity index (χ0) is 22.6. The van der Waals surface area contributed by atoms with Crippen LogP contribution >= 0.6 is 0 Å². The van der Waals surface area contributed by atoms with Gasteiger partial charge in [0.2, 0.25) is 0 Å². The Hall–Kier alpha value is -4.62. The number of para-hydroxylation sites is 2. The molecule has 1 aliphatic carbocycles. The van der Waals surface area contributed by atoms with Gasteiger partial charge in [0.15, 0.2) is 0 Å². The smallest absolute Gasteiger partial charge is 0.141 e. The van der Waals surface area contributed by atoms with Crippen LogP contribution in [0, 0.1) is 11.3 Å².